The van der Waals surface area contributed by atoms with E-state index in [2.05, 4.69) is 41.7 Å². The molecule has 5 nitrogen and oxygen atoms in total. The number of hydrazone groups is 1. The van der Waals surface area contributed by atoms with Crippen LogP contribution in [0, 0.1) is 12.8 Å². The fourth-order valence-electron chi connectivity index (χ4n) is 3.88. The third-order valence-electron chi connectivity index (χ3n) is 5.56. The molecule has 1 fully saturated rings. The van der Waals surface area contributed by atoms with Crippen LogP contribution in [0.4, 0.5) is 0 Å². The van der Waals surface area contributed by atoms with Crippen molar-refractivity contribution in [3.8, 4) is 0 Å². The van der Waals surface area contributed by atoms with Gasteiger partial charge < -0.3 is 4.90 Å². The molecule has 2 aliphatic heterocycles. The van der Waals surface area contributed by atoms with Gasteiger partial charge in [0.1, 0.15) is 0 Å². The van der Waals surface area contributed by atoms with Gasteiger partial charge in [0.2, 0.25) is 11.8 Å². The van der Waals surface area contributed by atoms with Gasteiger partial charge in [-0.3, -0.25) is 9.59 Å². The standard InChI is InChI=1S/C21H29N3O2/c1-16-5-2-3-7-18(16)9-8-17-6-4-14-24(15-17)21(26)13-11-19-10-12-20(25)23-22-19/h2-3,5,7,17H,4,6,8-15H2,1H3,(H,23,25). The number of carbonyl (C=O) groups is 2. The van der Waals surface area contributed by atoms with Crippen LogP contribution in [-0.4, -0.2) is 35.5 Å². The van der Waals surface area contributed by atoms with Gasteiger partial charge in [0, 0.05) is 31.6 Å². The van der Waals surface area contributed by atoms with Crippen molar-refractivity contribution in [3.05, 3.63) is 35.4 Å². The van der Waals surface area contributed by atoms with Crippen molar-refractivity contribution in [2.45, 2.75) is 58.3 Å². The van der Waals surface area contributed by atoms with Gasteiger partial charge in [-0.15, -0.1) is 0 Å². The largest absolute Gasteiger partial charge is 0.342 e. The zero-order valence-corrected chi connectivity index (χ0v) is 15.7. The Kier molecular flexibility index (Phi) is 6.42. The number of likely N-dealkylation sites (tertiary alicyclic amines) is 1. The summed E-state index contributed by atoms with van der Waals surface area (Å²) in [6, 6.07) is 8.57. The predicted molar refractivity (Wildman–Crippen MR) is 103 cm³/mol. The lowest BCUT2D eigenvalue weighted by Crippen LogP contribution is -2.40. The smallest absolute Gasteiger partial charge is 0.240 e. The highest BCUT2D eigenvalue weighted by atomic mass is 16.2. The fraction of sp³-hybridized carbons (Fsp3) is 0.571. The van der Waals surface area contributed by atoms with Crippen LogP contribution in [0.25, 0.3) is 0 Å². The van der Waals surface area contributed by atoms with Gasteiger partial charge in [0.05, 0.1) is 0 Å². The molecular formula is C21H29N3O2. The molecule has 1 N–H and O–H groups in total. The number of hydrogen-bond donors (Lipinski definition) is 1. The van der Waals surface area contributed by atoms with E-state index in [0.29, 0.717) is 31.6 Å². The van der Waals surface area contributed by atoms with Crippen molar-refractivity contribution < 1.29 is 9.59 Å². The Morgan fingerprint density at radius 2 is 2.12 bits per heavy atom. The predicted octanol–water partition coefficient (Wildman–Crippen LogP) is 3.21. The second-order valence-electron chi connectivity index (χ2n) is 7.53. The van der Waals surface area contributed by atoms with Gasteiger partial charge in [-0.05, 0) is 62.5 Å². The summed E-state index contributed by atoms with van der Waals surface area (Å²) in [5.41, 5.74) is 6.22. The van der Waals surface area contributed by atoms with E-state index < -0.39 is 0 Å². The summed E-state index contributed by atoms with van der Waals surface area (Å²) in [5.74, 6) is 0.788. The Hall–Kier alpha value is -2.17. The van der Waals surface area contributed by atoms with Crippen molar-refractivity contribution in [1.29, 1.82) is 0 Å². The van der Waals surface area contributed by atoms with Gasteiger partial charge in [0.15, 0.2) is 0 Å². The highest BCUT2D eigenvalue weighted by Crippen LogP contribution is 2.23. The number of aryl methyl sites for hydroxylation is 2. The maximum absolute atomic E-state index is 12.6. The van der Waals surface area contributed by atoms with Crippen LogP contribution in [0.2, 0.25) is 0 Å². The number of nitrogens with zero attached hydrogens (tertiary/aromatic N) is 2. The number of hydrogen-bond acceptors (Lipinski definition) is 3. The lowest BCUT2D eigenvalue weighted by molar-refractivity contribution is -0.132. The maximum atomic E-state index is 12.6. The van der Waals surface area contributed by atoms with E-state index in [1.165, 1.54) is 17.5 Å². The topological polar surface area (TPSA) is 61.8 Å². The zero-order valence-electron chi connectivity index (χ0n) is 15.7. The molecule has 1 aromatic carbocycles. The second kappa shape index (κ2) is 8.97. The minimum atomic E-state index is -0.0346. The van der Waals surface area contributed by atoms with Crippen LogP contribution in [-0.2, 0) is 16.0 Å². The normalized spacial score (nSPS) is 20.5. The Morgan fingerprint density at radius 3 is 2.88 bits per heavy atom. The summed E-state index contributed by atoms with van der Waals surface area (Å²) in [5, 5.41) is 4.06. The number of rotatable bonds is 6. The van der Waals surface area contributed by atoms with Gasteiger partial charge in [0.25, 0.3) is 0 Å². The monoisotopic (exact) mass is 355 g/mol. The molecule has 1 aromatic rings. The van der Waals surface area contributed by atoms with Crippen LogP contribution in [0.3, 0.4) is 0 Å². The van der Waals surface area contributed by atoms with E-state index in [0.717, 1.165) is 38.1 Å². The molecule has 0 bridgehead atoms. The minimum Gasteiger partial charge on any atom is -0.342 e. The lowest BCUT2D eigenvalue weighted by atomic mass is 9.90. The first-order valence-electron chi connectivity index (χ1n) is 9.78. The molecule has 3 rings (SSSR count). The highest BCUT2D eigenvalue weighted by Gasteiger charge is 2.24. The van der Waals surface area contributed by atoms with Crippen LogP contribution >= 0.6 is 0 Å². The molecular weight excluding hydrogens is 326 g/mol. The third-order valence-corrected chi connectivity index (χ3v) is 5.56. The number of amides is 2. The third kappa shape index (κ3) is 5.16. The summed E-state index contributed by atoms with van der Waals surface area (Å²) in [7, 11) is 0. The summed E-state index contributed by atoms with van der Waals surface area (Å²) in [6.07, 6.45) is 6.87. The molecule has 0 saturated carbocycles. The van der Waals surface area contributed by atoms with Crippen LogP contribution in [0.15, 0.2) is 29.4 Å². The van der Waals surface area contributed by atoms with Gasteiger partial charge in [-0.25, -0.2) is 5.43 Å². The van der Waals surface area contributed by atoms with Crippen molar-refractivity contribution in [2.75, 3.05) is 13.1 Å². The molecule has 0 aliphatic carbocycles. The quantitative estimate of drug-likeness (QED) is 0.852. The second-order valence-corrected chi connectivity index (χ2v) is 7.53. The summed E-state index contributed by atoms with van der Waals surface area (Å²) in [4.78, 5) is 25.7. The molecule has 0 radical (unpaired) electrons. The van der Waals surface area contributed by atoms with Gasteiger partial charge >= 0.3 is 0 Å². The molecule has 2 heterocycles. The first-order valence-corrected chi connectivity index (χ1v) is 9.78. The molecule has 2 amide bonds. The van der Waals surface area contributed by atoms with Crippen molar-refractivity contribution in [1.82, 2.24) is 10.3 Å². The average Bonchev–Trinajstić information content (AvgIpc) is 2.67. The van der Waals surface area contributed by atoms with Crippen molar-refractivity contribution in [3.63, 3.8) is 0 Å². The van der Waals surface area contributed by atoms with Gasteiger partial charge in [-0.2, -0.15) is 5.10 Å². The molecule has 0 aromatic heterocycles. The number of piperidine rings is 1. The zero-order chi connectivity index (χ0) is 18.4. The summed E-state index contributed by atoms with van der Waals surface area (Å²) >= 11 is 0. The summed E-state index contributed by atoms with van der Waals surface area (Å²) in [6.45, 7) is 3.93. The minimum absolute atomic E-state index is 0.0346. The Morgan fingerprint density at radius 1 is 1.27 bits per heavy atom. The Balaban J connectivity index is 1.44. The van der Waals surface area contributed by atoms with E-state index in [1.54, 1.807) is 0 Å². The highest BCUT2D eigenvalue weighted by molar-refractivity contribution is 5.94. The van der Waals surface area contributed by atoms with Crippen LogP contribution in [0.1, 0.15) is 56.1 Å². The SMILES string of the molecule is Cc1ccccc1CCC1CCCN(C(=O)CCC2=NNC(=O)CC2)C1. The molecule has 5 heteroatoms. The first kappa shape index (κ1) is 18.6. The number of nitrogens with one attached hydrogen (secondary N) is 1. The fourth-order valence-corrected chi connectivity index (χ4v) is 3.88. The molecule has 26 heavy (non-hydrogen) atoms. The molecule has 0 spiro atoms. The Labute approximate surface area is 155 Å². The first-order chi connectivity index (χ1) is 12.6. The number of benzene rings is 1. The summed E-state index contributed by atoms with van der Waals surface area (Å²) < 4.78 is 0. The lowest BCUT2D eigenvalue weighted by Gasteiger charge is -2.33. The van der Waals surface area contributed by atoms with E-state index >= 15 is 0 Å². The molecule has 2 aliphatic rings. The molecule has 1 unspecified atom stereocenters. The maximum Gasteiger partial charge on any atom is 0.240 e. The van der Waals surface area contributed by atoms with E-state index in [4.69, 9.17) is 0 Å². The van der Waals surface area contributed by atoms with Crippen LogP contribution in [0.5, 0.6) is 0 Å². The molecule has 1 atom stereocenters. The van der Waals surface area contributed by atoms with Crippen LogP contribution < -0.4 is 5.43 Å². The molecule has 140 valence electrons. The van der Waals surface area contributed by atoms with E-state index in [9.17, 15) is 9.59 Å². The number of carbonyl (C=O) groups excluding carboxylic acids is 2. The van der Waals surface area contributed by atoms with Crippen molar-refractivity contribution >= 4 is 17.5 Å². The Bertz CT molecular complexity index is 684. The van der Waals surface area contributed by atoms with Crippen molar-refractivity contribution in [2.24, 2.45) is 11.0 Å². The van der Waals surface area contributed by atoms with E-state index in [1.807, 2.05) is 4.90 Å². The van der Waals surface area contributed by atoms with Gasteiger partial charge in [-0.1, -0.05) is 24.3 Å². The molecule has 1 saturated heterocycles. The average molecular weight is 355 g/mol. The van der Waals surface area contributed by atoms with E-state index in [-0.39, 0.29) is 11.8 Å².